The zero-order valence-corrected chi connectivity index (χ0v) is 7.95. The molecule has 13 heavy (non-hydrogen) atoms. The van der Waals surface area contributed by atoms with Gasteiger partial charge in [-0.25, -0.2) is 5.53 Å². The molecule has 1 rings (SSSR count). The van der Waals surface area contributed by atoms with Crippen LogP contribution in [0.25, 0.3) is 0 Å². The Morgan fingerprint density at radius 1 is 1.31 bits per heavy atom. The van der Waals surface area contributed by atoms with Crippen molar-refractivity contribution in [1.29, 1.82) is 5.53 Å². The maximum Gasteiger partial charge on any atom is 0.119 e. The second kappa shape index (κ2) is 4.60. The second-order valence-electron chi connectivity index (χ2n) is 3.31. The SMILES string of the molecule is CC(C)COc1ccc(N=N)cc1. The number of rotatable bonds is 4. The molecule has 1 aromatic carbocycles. The van der Waals surface area contributed by atoms with Gasteiger partial charge < -0.3 is 4.74 Å². The summed E-state index contributed by atoms with van der Waals surface area (Å²) in [5.41, 5.74) is 7.42. The molecule has 0 amide bonds. The summed E-state index contributed by atoms with van der Waals surface area (Å²) >= 11 is 0. The number of hydrogen-bond donors (Lipinski definition) is 1. The highest BCUT2D eigenvalue weighted by molar-refractivity contribution is 5.40. The molecule has 0 fully saturated rings. The van der Waals surface area contributed by atoms with Gasteiger partial charge in [-0.3, -0.25) is 0 Å². The van der Waals surface area contributed by atoms with Crippen LogP contribution >= 0.6 is 0 Å². The van der Waals surface area contributed by atoms with Gasteiger partial charge in [-0.1, -0.05) is 13.8 Å². The summed E-state index contributed by atoms with van der Waals surface area (Å²) in [4.78, 5) is 0. The largest absolute Gasteiger partial charge is 0.493 e. The molecule has 0 saturated heterocycles. The van der Waals surface area contributed by atoms with Crippen molar-refractivity contribution < 1.29 is 4.74 Å². The van der Waals surface area contributed by atoms with Crippen LogP contribution < -0.4 is 4.74 Å². The van der Waals surface area contributed by atoms with E-state index < -0.39 is 0 Å². The van der Waals surface area contributed by atoms with Gasteiger partial charge >= 0.3 is 0 Å². The summed E-state index contributed by atoms with van der Waals surface area (Å²) in [6.07, 6.45) is 0. The predicted molar refractivity (Wildman–Crippen MR) is 51.6 cm³/mol. The van der Waals surface area contributed by atoms with Crippen LogP contribution in [-0.4, -0.2) is 6.61 Å². The van der Waals surface area contributed by atoms with Crippen LogP contribution in [0.4, 0.5) is 5.69 Å². The Balaban J connectivity index is 2.54. The summed E-state index contributed by atoms with van der Waals surface area (Å²) in [6.45, 7) is 4.93. The highest BCUT2D eigenvalue weighted by Crippen LogP contribution is 2.17. The van der Waals surface area contributed by atoms with E-state index in [1.165, 1.54) is 0 Å². The standard InChI is InChI=1S/C10H14N2O/c1-8(2)7-13-10-5-3-9(12-11)4-6-10/h3-6,8,11H,7H2,1-2H3. The van der Waals surface area contributed by atoms with Gasteiger partial charge in [0.15, 0.2) is 0 Å². The van der Waals surface area contributed by atoms with E-state index in [0.717, 1.165) is 12.4 Å². The Labute approximate surface area is 78.2 Å². The molecule has 3 heteroatoms. The van der Waals surface area contributed by atoms with E-state index >= 15 is 0 Å². The molecule has 0 atom stereocenters. The molecule has 0 aliphatic rings. The molecule has 3 nitrogen and oxygen atoms in total. The first-order valence-electron chi connectivity index (χ1n) is 4.32. The van der Waals surface area contributed by atoms with Crippen molar-refractivity contribution in [2.45, 2.75) is 13.8 Å². The Morgan fingerprint density at radius 2 is 1.92 bits per heavy atom. The first-order chi connectivity index (χ1) is 6.22. The number of benzene rings is 1. The lowest BCUT2D eigenvalue weighted by Crippen LogP contribution is -2.03. The maximum absolute atomic E-state index is 6.77. The van der Waals surface area contributed by atoms with Crippen molar-refractivity contribution in [3.8, 4) is 5.75 Å². The van der Waals surface area contributed by atoms with Gasteiger partial charge in [0.05, 0.1) is 12.3 Å². The topological polar surface area (TPSA) is 45.4 Å². The molecule has 70 valence electrons. The molecule has 0 unspecified atom stereocenters. The van der Waals surface area contributed by atoms with E-state index in [-0.39, 0.29) is 0 Å². The minimum atomic E-state index is 0.528. The lowest BCUT2D eigenvalue weighted by atomic mass is 10.2. The quantitative estimate of drug-likeness (QED) is 0.706. The minimum absolute atomic E-state index is 0.528. The third-order valence-corrected chi connectivity index (χ3v) is 1.55. The molecule has 1 aromatic rings. The molecule has 0 saturated carbocycles. The van der Waals surface area contributed by atoms with Gasteiger partial charge in [0, 0.05) is 0 Å². The molecule has 0 bridgehead atoms. The lowest BCUT2D eigenvalue weighted by molar-refractivity contribution is 0.271. The minimum Gasteiger partial charge on any atom is -0.493 e. The molecule has 0 heterocycles. The fourth-order valence-corrected chi connectivity index (χ4v) is 0.880. The average Bonchev–Trinajstić information content (AvgIpc) is 2.15. The number of nitrogens with zero attached hydrogens (tertiary/aromatic N) is 1. The zero-order valence-electron chi connectivity index (χ0n) is 7.95. The van der Waals surface area contributed by atoms with E-state index in [4.69, 9.17) is 10.3 Å². The number of hydrogen-bond acceptors (Lipinski definition) is 3. The molecular weight excluding hydrogens is 164 g/mol. The van der Waals surface area contributed by atoms with E-state index in [1.807, 2.05) is 12.1 Å². The first-order valence-corrected chi connectivity index (χ1v) is 4.32. The van der Waals surface area contributed by atoms with Gasteiger partial charge in [-0.05, 0) is 30.2 Å². The third-order valence-electron chi connectivity index (χ3n) is 1.55. The third kappa shape index (κ3) is 3.23. The Kier molecular flexibility index (Phi) is 3.43. The van der Waals surface area contributed by atoms with Crippen LogP contribution in [0.2, 0.25) is 0 Å². The Morgan fingerprint density at radius 3 is 2.38 bits per heavy atom. The predicted octanol–water partition coefficient (Wildman–Crippen LogP) is 3.38. The van der Waals surface area contributed by atoms with Gasteiger partial charge in [-0.15, -0.1) is 0 Å². The fourth-order valence-electron chi connectivity index (χ4n) is 0.880. The molecule has 0 aliphatic carbocycles. The van der Waals surface area contributed by atoms with Crippen molar-refractivity contribution in [3.63, 3.8) is 0 Å². The summed E-state index contributed by atoms with van der Waals surface area (Å²) in [7, 11) is 0. The van der Waals surface area contributed by atoms with E-state index in [2.05, 4.69) is 19.0 Å². The van der Waals surface area contributed by atoms with Gasteiger partial charge in [0.2, 0.25) is 0 Å². The molecule has 0 aromatic heterocycles. The van der Waals surface area contributed by atoms with Crippen LogP contribution in [0.1, 0.15) is 13.8 Å². The number of nitrogens with one attached hydrogen (secondary N) is 1. The average molecular weight is 178 g/mol. The van der Waals surface area contributed by atoms with Crippen LogP contribution in [0, 0.1) is 11.4 Å². The van der Waals surface area contributed by atoms with Crippen molar-refractivity contribution in [1.82, 2.24) is 0 Å². The van der Waals surface area contributed by atoms with E-state index in [0.29, 0.717) is 11.6 Å². The van der Waals surface area contributed by atoms with Gasteiger partial charge in [0.25, 0.3) is 0 Å². The molecule has 1 N–H and O–H groups in total. The summed E-state index contributed by atoms with van der Waals surface area (Å²) < 4.78 is 5.46. The van der Waals surface area contributed by atoms with Crippen LogP contribution in [0.3, 0.4) is 0 Å². The smallest absolute Gasteiger partial charge is 0.119 e. The summed E-state index contributed by atoms with van der Waals surface area (Å²) in [5, 5.41) is 3.30. The summed E-state index contributed by atoms with van der Waals surface area (Å²) in [5.74, 6) is 1.36. The maximum atomic E-state index is 6.77. The Hall–Kier alpha value is -1.38. The lowest BCUT2D eigenvalue weighted by Gasteiger charge is -2.07. The highest BCUT2D eigenvalue weighted by atomic mass is 16.5. The fraction of sp³-hybridized carbons (Fsp3) is 0.400. The normalized spacial score (nSPS) is 10.1. The van der Waals surface area contributed by atoms with Crippen LogP contribution in [0.15, 0.2) is 29.4 Å². The van der Waals surface area contributed by atoms with E-state index in [9.17, 15) is 0 Å². The van der Waals surface area contributed by atoms with Gasteiger partial charge in [-0.2, -0.15) is 5.11 Å². The van der Waals surface area contributed by atoms with Gasteiger partial charge in [0.1, 0.15) is 5.75 Å². The monoisotopic (exact) mass is 178 g/mol. The molecule has 0 spiro atoms. The molecular formula is C10H14N2O. The van der Waals surface area contributed by atoms with Crippen molar-refractivity contribution in [2.75, 3.05) is 6.61 Å². The molecule has 0 radical (unpaired) electrons. The van der Waals surface area contributed by atoms with Crippen LogP contribution in [-0.2, 0) is 0 Å². The first kappa shape index (κ1) is 9.71. The van der Waals surface area contributed by atoms with Crippen molar-refractivity contribution in [3.05, 3.63) is 24.3 Å². The highest BCUT2D eigenvalue weighted by Gasteiger charge is 1.96. The summed E-state index contributed by atoms with van der Waals surface area (Å²) in [6, 6.07) is 7.19. The van der Waals surface area contributed by atoms with E-state index in [1.54, 1.807) is 12.1 Å². The van der Waals surface area contributed by atoms with Crippen LogP contribution in [0.5, 0.6) is 5.75 Å². The van der Waals surface area contributed by atoms with Crippen molar-refractivity contribution >= 4 is 5.69 Å². The molecule has 0 aliphatic heterocycles. The second-order valence-corrected chi connectivity index (χ2v) is 3.31. The zero-order chi connectivity index (χ0) is 9.68. The number of ether oxygens (including phenoxy) is 1. The van der Waals surface area contributed by atoms with Crippen molar-refractivity contribution in [2.24, 2.45) is 11.0 Å². The Bertz CT molecular complexity index is 267.